The lowest BCUT2D eigenvalue weighted by Crippen LogP contribution is -2.17. The molecular formula is C9H10O4. The van der Waals surface area contributed by atoms with Crippen LogP contribution in [0.15, 0.2) is 11.6 Å². The van der Waals surface area contributed by atoms with E-state index in [2.05, 4.69) is 4.74 Å². The summed E-state index contributed by atoms with van der Waals surface area (Å²) in [5.41, 5.74) is 0.596. The van der Waals surface area contributed by atoms with Gasteiger partial charge in [-0.15, -0.1) is 0 Å². The maximum absolute atomic E-state index is 11.2. The molecule has 2 aliphatic rings. The second-order valence-corrected chi connectivity index (χ2v) is 3.23. The molecule has 1 aliphatic heterocycles. The standard InChI is InChI=1S/C9H10O4/c1-12-8(10)5-2-3-6-7(5)4-13-9(6)11/h2,6-7H,3-4H2,1H3. The summed E-state index contributed by atoms with van der Waals surface area (Å²) in [4.78, 5) is 22.3. The molecule has 2 unspecified atom stereocenters. The number of carbonyl (C=O) groups is 2. The van der Waals surface area contributed by atoms with E-state index in [1.165, 1.54) is 7.11 Å². The number of cyclic esters (lactones) is 1. The summed E-state index contributed by atoms with van der Waals surface area (Å²) in [6.07, 6.45) is 2.38. The van der Waals surface area contributed by atoms with Crippen LogP contribution in [-0.4, -0.2) is 25.7 Å². The highest BCUT2D eigenvalue weighted by Crippen LogP contribution is 2.37. The van der Waals surface area contributed by atoms with Crippen LogP contribution in [0.5, 0.6) is 0 Å². The predicted octanol–water partition coefficient (Wildman–Crippen LogP) is 0.279. The number of fused-ring (bicyclic) bond motifs is 1. The Morgan fingerprint density at radius 3 is 3.08 bits per heavy atom. The highest BCUT2D eigenvalue weighted by atomic mass is 16.5. The number of hydrogen-bond acceptors (Lipinski definition) is 4. The molecule has 0 radical (unpaired) electrons. The monoisotopic (exact) mass is 182 g/mol. The van der Waals surface area contributed by atoms with E-state index in [0.717, 1.165) is 0 Å². The van der Waals surface area contributed by atoms with Gasteiger partial charge in [-0.25, -0.2) is 4.79 Å². The molecule has 1 aliphatic carbocycles. The number of rotatable bonds is 1. The fourth-order valence-electron chi connectivity index (χ4n) is 1.88. The molecule has 70 valence electrons. The van der Waals surface area contributed by atoms with Gasteiger partial charge in [-0.05, 0) is 6.42 Å². The normalized spacial score (nSPS) is 30.8. The number of carbonyl (C=O) groups excluding carboxylic acids is 2. The van der Waals surface area contributed by atoms with Gasteiger partial charge in [0.15, 0.2) is 0 Å². The van der Waals surface area contributed by atoms with E-state index in [0.29, 0.717) is 18.6 Å². The van der Waals surface area contributed by atoms with Crippen molar-refractivity contribution in [2.24, 2.45) is 11.8 Å². The minimum Gasteiger partial charge on any atom is -0.466 e. The first-order chi connectivity index (χ1) is 6.24. The van der Waals surface area contributed by atoms with Gasteiger partial charge in [0.25, 0.3) is 0 Å². The molecule has 0 aromatic rings. The third-order valence-corrected chi connectivity index (χ3v) is 2.61. The molecule has 2 rings (SSSR count). The summed E-state index contributed by atoms with van der Waals surface area (Å²) >= 11 is 0. The van der Waals surface area contributed by atoms with Crippen LogP contribution in [0.3, 0.4) is 0 Å². The van der Waals surface area contributed by atoms with Gasteiger partial charge < -0.3 is 9.47 Å². The first-order valence-electron chi connectivity index (χ1n) is 4.19. The van der Waals surface area contributed by atoms with Gasteiger partial charge in [0, 0.05) is 11.5 Å². The third-order valence-electron chi connectivity index (χ3n) is 2.61. The van der Waals surface area contributed by atoms with Crippen molar-refractivity contribution >= 4 is 11.9 Å². The quantitative estimate of drug-likeness (QED) is 0.546. The smallest absolute Gasteiger partial charge is 0.333 e. The Morgan fingerprint density at radius 1 is 1.62 bits per heavy atom. The van der Waals surface area contributed by atoms with Crippen molar-refractivity contribution in [1.82, 2.24) is 0 Å². The fraction of sp³-hybridized carbons (Fsp3) is 0.556. The lowest BCUT2D eigenvalue weighted by Gasteiger charge is -2.07. The van der Waals surface area contributed by atoms with E-state index >= 15 is 0 Å². The number of ether oxygens (including phenoxy) is 2. The number of allylic oxidation sites excluding steroid dienone is 1. The highest BCUT2D eigenvalue weighted by molar-refractivity contribution is 5.92. The largest absolute Gasteiger partial charge is 0.466 e. The average Bonchev–Trinajstić information content (AvgIpc) is 2.68. The van der Waals surface area contributed by atoms with E-state index < -0.39 is 0 Å². The van der Waals surface area contributed by atoms with E-state index in [9.17, 15) is 9.59 Å². The van der Waals surface area contributed by atoms with Crippen molar-refractivity contribution in [2.75, 3.05) is 13.7 Å². The summed E-state index contributed by atoms with van der Waals surface area (Å²) in [6, 6.07) is 0. The summed E-state index contributed by atoms with van der Waals surface area (Å²) < 4.78 is 9.46. The molecule has 1 fully saturated rings. The minimum absolute atomic E-state index is 0.0695. The van der Waals surface area contributed by atoms with Crippen molar-refractivity contribution in [1.29, 1.82) is 0 Å². The highest BCUT2D eigenvalue weighted by Gasteiger charge is 2.44. The number of esters is 2. The lowest BCUT2D eigenvalue weighted by atomic mass is 9.94. The molecule has 4 heteroatoms. The molecule has 1 saturated heterocycles. The summed E-state index contributed by atoms with van der Waals surface area (Å²) in [7, 11) is 1.34. The number of methoxy groups -OCH3 is 1. The van der Waals surface area contributed by atoms with Gasteiger partial charge in [0.2, 0.25) is 0 Å². The van der Waals surface area contributed by atoms with E-state index in [-0.39, 0.29) is 23.8 Å². The minimum atomic E-state index is -0.342. The van der Waals surface area contributed by atoms with Crippen molar-refractivity contribution in [3.8, 4) is 0 Å². The number of hydrogen-bond donors (Lipinski definition) is 0. The zero-order valence-corrected chi connectivity index (χ0v) is 7.28. The second kappa shape index (κ2) is 2.87. The maximum atomic E-state index is 11.2. The first kappa shape index (κ1) is 8.29. The topological polar surface area (TPSA) is 52.6 Å². The molecule has 0 aromatic carbocycles. The summed E-state index contributed by atoms with van der Waals surface area (Å²) in [5, 5.41) is 0. The lowest BCUT2D eigenvalue weighted by molar-refractivity contribution is -0.141. The molecule has 4 nitrogen and oxygen atoms in total. The Hall–Kier alpha value is -1.32. The predicted molar refractivity (Wildman–Crippen MR) is 42.7 cm³/mol. The van der Waals surface area contributed by atoms with E-state index in [4.69, 9.17) is 4.74 Å². The Balaban J connectivity index is 2.17. The Bertz CT molecular complexity index is 292. The Morgan fingerprint density at radius 2 is 2.38 bits per heavy atom. The van der Waals surface area contributed by atoms with E-state index in [1.807, 2.05) is 0 Å². The van der Waals surface area contributed by atoms with Crippen LogP contribution in [0.2, 0.25) is 0 Å². The molecule has 0 aromatic heterocycles. The molecule has 0 saturated carbocycles. The maximum Gasteiger partial charge on any atom is 0.333 e. The van der Waals surface area contributed by atoms with E-state index in [1.54, 1.807) is 6.08 Å². The van der Waals surface area contributed by atoms with Crippen LogP contribution >= 0.6 is 0 Å². The van der Waals surface area contributed by atoms with Gasteiger partial charge in [-0.3, -0.25) is 4.79 Å². The van der Waals surface area contributed by atoms with Crippen molar-refractivity contribution in [2.45, 2.75) is 6.42 Å². The third kappa shape index (κ3) is 1.13. The van der Waals surface area contributed by atoms with Crippen LogP contribution in [0.1, 0.15) is 6.42 Å². The molecule has 13 heavy (non-hydrogen) atoms. The molecule has 0 bridgehead atoms. The first-order valence-corrected chi connectivity index (χ1v) is 4.19. The SMILES string of the molecule is COC(=O)C1=CCC2C(=O)OCC12. The Kier molecular flexibility index (Phi) is 1.83. The van der Waals surface area contributed by atoms with Crippen LogP contribution in [-0.2, 0) is 19.1 Å². The van der Waals surface area contributed by atoms with Gasteiger partial charge in [0.1, 0.15) is 0 Å². The van der Waals surface area contributed by atoms with Crippen molar-refractivity contribution in [3.05, 3.63) is 11.6 Å². The average molecular weight is 182 g/mol. The molecule has 0 N–H and O–H groups in total. The zero-order chi connectivity index (χ0) is 9.42. The van der Waals surface area contributed by atoms with Crippen molar-refractivity contribution in [3.63, 3.8) is 0 Å². The van der Waals surface area contributed by atoms with Crippen molar-refractivity contribution < 1.29 is 19.1 Å². The van der Waals surface area contributed by atoms with Crippen LogP contribution < -0.4 is 0 Å². The molecule has 0 spiro atoms. The fourth-order valence-corrected chi connectivity index (χ4v) is 1.88. The molecule has 0 amide bonds. The van der Waals surface area contributed by atoms with Gasteiger partial charge in [-0.1, -0.05) is 6.08 Å². The second-order valence-electron chi connectivity index (χ2n) is 3.23. The van der Waals surface area contributed by atoms with Crippen LogP contribution in [0, 0.1) is 11.8 Å². The molecule has 1 heterocycles. The van der Waals surface area contributed by atoms with Crippen LogP contribution in [0.25, 0.3) is 0 Å². The van der Waals surface area contributed by atoms with Crippen LogP contribution in [0.4, 0.5) is 0 Å². The summed E-state index contributed by atoms with van der Waals surface area (Å²) in [6.45, 7) is 0.324. The van der Waals surface area contributed by atoms with Gasteiger partial charge >= 0.3 is 11.9 Å². The molecular weight excluding hydrogens is 172 g/mol. The van der Waals surface area contributed by atoms with Gasteiger partial charge in [0.05, 0.1) is 19.6 Å². The van der Waals surface area contributed by atoms with Gasteiger partial charge in [-0.2, -0.15) is 0 Å². The molecule has 2 atom stereocenters. The Labute approximate surface area is 75.5 Å². The zero-order valence-electron chi connectivity index (χ0n) is 7.28. The summed E-state index contributed by atoms with van der Waals surface area (Å²) in [5.74, 6) is -0.750.